The van der Waals surface area contributed by atoms with Gasteiger partial charge in [0.15, 0.2) is 15.9 Å². The van der Waals surface area contributed by atoms with E-state index in [1.165, 1.54) is 29.2 Å². The Labute approximate surface area is 120 Å². The van der Waals surface area contributed by atoms with Crippen molar-refractivity contribution in [3.63, 3.8) is 0 Å². The molecule has 0 unspecified atom stereocenters. The van der Waals surface area contributed by atoms with Crippen molar-refractivity contribution in [2.45, 2.75) is 36.1 Å². The van der Waals surface area contributed by atoms with E-state index in [1.54, 1.807) is 6.07 Å². The lowest BCUT2D eigenvalue weighted by atomic mass is 10.3. The molecule has 0 aliphatic rings. The van der Waals surface area contributed by atoms with Crippen molar-refractivity contribution in [1.82, 2.24) is 4.98 Å². The summed E-state index contributed by atoms with van der Waals surface area (Å²) in [4.78, 5) is 5.11. The molecule has 3 nitrogen and oxygen atoms in total. The summed E-state index contributed by atoms with van der Waals surface area (Å²) in [6.07, 6.45) is -0.0851. The lowest BCUT2D eigenvalue weighted by molar-refractivity contribution is 0.230. The second-order valence-corrected chi connectivity index (χ2v) is 6.49. The fourth-order valence-electron chi connectivity index (χ4n) is 1.46. The first-order chi connectivity index (χ1) is 8.95. The molecule has 0 spiro atoms. The van der Waals surface area contributed by atoms with Crippen LogP contribution in [0.3, 0.4) is 0 Å². The summed E-state index contributed by atoms with van der Waals surface area (Å²) in [5.41, 5.74) is 7.20. The molecule has 0 aliphatic heterocycles. The number of nitrogens with zero attached hydrogens (tertiary/aromatic N) is 1. The number of aromatic nitrogens is 1. The highest BCUT2D eigenvalue weighted by atomic mass is 32.2. The summed E-state index contributed by atoms with van der Waals surface area (Å²) >= 11 is 2.96. The van der Waals surface area contributed by atoms with Crippen molar-refractivity contribution in [3.05, 3.63) is 29.0 Å². The predicted molar refractivity (Wildman–Crippen MR) is 77.6 cm³/mol. The van der Waals surface area contributed by atoms with Crippen molar-refractivity contribution in [1.29, 1.82) is 0 Å². The van der Waals surface area contributed by atoms with E-state index in [-0.39, 0.29) is 11.9 Å². The van der Waals surface area contributed by atoms with Gasteiger partial charge in [-0.1, -0.05) is 11.8 Å². The van der Waals surface area contributed by atoms with Gasteiger partial charge in [-0.15, -0.1) is 11.3 Å². The van der Waals surface area contributed by atoms with Crippen molar-refractivity contribution in [2.75, 3.05) is 5.73 Å². The fraction of sp³-hybridized carbons (Fsp3) is 0.308. The number of nitrogens with two attached hydrogens (primary N) is 1. The molecule has 102 valence electrons. The maximum absolute atomic E-state index is 13.7. The van der Waals surface area contributed by atoms with Crippen LogP contribution in [0.25, 0.3) is 0 Å². The van der Waals surface area contributed by atoms with Gasteiger partial charge >= 0.3 is 0 Å². The molecule has 19 heavy (non-hydrogen) atoms. The molecule has 6 heteroatoms. The third-order valence-electron chi connectivity index (χ3n) is 2.22. The van der Waals surface area contributed by atoms with Gasteiger partial charge in [-0.05, 0) is 26.8 Å². The topological polar surface area (TPSA) is 48.1 Å². The van der Waals surface area contributed by atoms with Gasteiger partial charge in [-0.3, -0.25) is 0 Å². The molecule has 0 fully saturated rings. The number of hydrogen-bond donors (Lipinski definition) is 1. The average Bonchev–Trinajstić information content (AvgIpc) is 2.70. The Hall–Kier alpha value is -1.27. The monoisotopic (exact) mass is 298 g/mol. The Balaban J connectivity index is 2.29. The van der Waals surface area contributed by atoms with Gasteiger partial charge in [0.1, 0.15) is 0 Å². The third kappa shape index (κ3) is 3.61. The van der Waals surface area contributed by atoms with E-state index in [9.17, 15) is 4.39 Å². The van der Waals surface area contributed by atoms with Crippen molar-refractivity contribution >= 4 is 28.8 Å². The highest BCUT2D eigenvalue weighted by molar-refractivity contribution is 8.01. The Bertz CT molecular complexity index is 584. The van der Waals surface area contributed by atoms with Gasteiger partial charge in [-0.2, -0.15) is 0 Å². The normalized spacial score (nSPS) is 11.0. The van der Waals surface area contributed by atoms with Gasteiger partial charge in [0.25, 0.3) is 0 Å². The molecule has 0 bridgehead atoms. The first-order valence-corrected chi connectivity index (χ1v) is 7.51. The van der Waals surface area contributed by atoms with Crippen molar-refractivity contribution in [2.24, 2.45) is 0 Å². The van der Waals surface area contributed by atoms with E-state index < -0.39 is 5.82 Å². The van der Waals surface area contributed by atoms with E-state index >= 15 is 0 Å². The van der Waals surface area contributed by atoms with E-state index in [0.29, 0.717) is 5.69 Å². The molecule has 2 rings (SSSR count). The minimum atomic E-state index is -0.439. The summed E-state index contributed by atoms with van der Waals surface area (Å²) in [6, 6.07) is 2.92. The Morgan fingerprint density at radius 1 is 1.42 bits per heavy atom. The lowest BCUT2D eigenvalue weighted by Crippen LogP contribution is -2.07. The number of aryl methyl sites for hydroxylation is 1. The number of thiazole rings is 1. The maximum atomic E-state index is 13.7. The highest BCUT2D eigenvalue weighted by Crippen LogP contribution is 2.37. The molecule has 0 aliphatic carbocycles. The first-order valence-electron chi connectivity index (χ1n) is 5.81. The largest absolute Gasteiger partial charge is 0.488 e. The quantitative estimate of drug-likeness (QED) is 0.863. The van der Waals surface area contributed by atoms with Gasteiger partial charge in [0.2, 0.25) is 0 Å². The number of hydrogen-bond acceptors (Lipinski definition) is 5. The number of ether oxygens (including phenoxy) is 1. The Kier molecular flexibility index (Phi) is 4.31. The molecule has 0 saturated heterocycles. The zero-order valence-electron chi connectivity index (χ0n) is 10.9. The summed E-state index contributed by atoms with van der Waals surface area (Å²) in [5.74, 6) is -0.217. The number of nitrogen functional groups attached to an aromatic ring is 1. The predicted octanol–water partition coefficient (Wildman–Crippen LogP) is 4.11. The van der Waals surface area contributed by atoms with Crippen LogP contribution in [0.15, 0.2) is 26.7 Å². The second kappa shape index (κ2) is 5.79. The van der Waals surface area contributed by atoms with E-state index in [1.807, 2.05) is 26.2 Å². The molecular formula is C13H15FN2OS2. The molecule has 2 N–H and O–H groups in total. The molecule has 1 aromatic heterocycles. The van der Waals surface area contributed by atoms with Crippen molar-refractivity contribution < 1.29 is 9.13 Å². The van der Waals surface area contributed by atoms with Crippen LogP contribution in [0.2, 0.25) is 0 Å². The van der Waals surface area contributed by atoms with Crippen LogP contribution >= 0.6 is 23.1 Å². The number of anilines is 1. The van der Waals surface area contributed by atoms with Gasteiger partial charge in [0.05, 0.1) is 6.10 Å². The molecule has 0 amide bonds. The van der Waals surface area contributed by atoms with Crippen LogP contribution in [0.4, 0.5) is 10.1 Å². The van der Waals surface area contributed by atoms with Gasteiger partial charge in [-0.25, -0.2) is 9.37 Å². The van der Waals surface area contributed by atoms with Crippen LogP contribution in [0.5, 0.6) is 5.75 Å². The Morgan fingerprint density at radius 2 is 2.16 bits per heavy atom. The maximum Gasteiger partial charge on any atom is 0.167 e. The fourth-order valence-corrected chi connectivity index (χ4v) is 3.30. The highest BCUT2D eigenvalue weighted by Gasteiger charge is 2.12. The van der Waals surface area contributed by atoms with E-state index in [4.69, 9.17) is 10.5 Å². The first kappa shape index (κ1) is 14.1. The number of rotatable bonds is 4. The summed E-state index contributed by atoms with van der Waals surface area (Å²) in [6.45, 7) is 5.64. The van der Waals surface area contributed by atoms with E-state index in [2.05, 4.69) is 4.98 Å². The smallest absolute Gasteiger partial charge is 0.167 e. The number of halogens is 1. The molecule has 1 aromatic carbocycles. The summed E-state index contributed by atoms with van der Waals surface area (Å²) in [7, 11) is 0. The van der Waals surface area contributed by atoms with Crippen LogP contribution in [0.1, 0.15) is 19.5 Å². The van der Waals surface area contributed by atoms with Gasteiger partial charge in [0, 0.05) is 27.7 Å². The third-order valence-corrected chi connectivity index (χ3v) is 4.35. The standard InChI is InChI=1S/C13H15FN2OS2/c1-7(2)17-11-5-12(10(15)4-9(11)14)19-13-16-8(3)6-18-13/h4-7H,15H2,1-3H3. The molecule has 0 atom stereocenters. The molecule has 1 heterocycles. The van der Waals surface area contributed by atoms with Gasteiger partial charge < -0.3 is 10.5 Å². The minimum absolute atomic E-state index is 0.0851. The van der Waals surface area contributed by atoms with Crippen LogP contribution in [-0.4, -0.2) is 11.1 Å². The van der Waals surface area contributed by atoms with Crippen LogP contribution in [0, 0.1) is 12.7 Å². The molecular weight excluding hydrogens is 283 g/mol. The second-order valence-electron chi connectivity index (χ2n) is 4.34. The molecule has 2 aromatic rings. The van der Waals surface area contributed by atoms with Crippen LogP contribution < -0.4 is 10.5 Å². The number of benzene rings is 1. The SMILES string of the molecule is Cc1csc(Sc2cc(OC(C)C)c(F)cc2N)n1. The molecule has 0 radical (unpaired) electrons. The molecule has 0 saturated carbocycles. The zero-order chi connectivity index (χ0) is 14.0. The van der Waals surface area contributed by atoms with Crippen LogP contribution in [-0.2, 0) is 0 Å². The summed E-state index contributed by atoms with van der Waals surface area (Å²) < 4.78 is 20.0. The Morgan fingerprint density at radius 3 is 2.74 bits per heavy atom. The lowest BCUT2D eigenvalue weighted by Gasteiger charge is -2.13. The minimum Gasteiger partial charge on any atom is -0.488 e. The zero-order valence-corrected chi connectivity index (χ0v) is 12.6. The summed E-state index contributed by atoms with van der Waals surface area (Å²) in [5, 5.41) is 1.97. The average molecular weight is 298 g/mol. The van der Waals surface area contributed by atoms with Crippen molar-refractivity contribution in [3.8, 4) is 5.75 Å². The van der Waals surface area contributed by atoms with E-state index in [0.717, 1.165) is 14.9 Å².